The summed E-state index contributed by atoms with van der Waals surface area (Å²) in [6, 6.07) is 19.1. The molecule has 0 aliphatic heterocycles. The van der Waals surface area contributed by atoms with Crippen molar-refractivity contribution in [1.82, 2.24) is 9.29 Å². The minimum atomic E-state index is -4.17. The zero-order valence-electron chi connectivity index (χ0n) is 22.8. The molecule has 4 rings (SSSR count). The lowest BCUT2D eigenvalue weighted by molar-refractivity contribution is -0.138. The largest absolute Gasteiger partial charge is 0.497 e. The standard InChI is InChI=1S/C31H29N3O6S/c1-4-5-16-40-24-10-13-26(14-11-24)41(37,38)33-29(31(35)36)18-27-21(2)34(20-23-8-6-22(19-32)7-9-23)30-15-12-25(39-3)17-28(27)30/h6-15,17,29,33H,16,18,20H2,1-3H3,(H,35,36)/t29-/m0/s1. The number of fused-ring (bicyclic) bond motifs is 1. The number of nitrogens with one attached hydrogen (secondary N) is 1. The molecule has 4 aromatic rings. The number of carboxylic acid groups (broad SMARTS) is 1. The normalized spacial score (nSPS) is 11.8. The van der Waals surface area contributed by atoms with Crippen molar-refractivity contribution >= 4 is 26.9 Å². The van der Waals surface area contributed by atoms with E-state index in [1.54, 1.807) is 26.2 Å². The van der Waals surface area contributed by atoms with Crippen molar-refractivity contribution in [1.29, 1.82) is 5.26 Å². The van der Waals surface area contributed by atoms with Crippen molar-refractivity contribution in [3.63, 3.8) is 0 Å². The Bertz CT molecular complexity index is 1770. The van der Waals surface area contributed by atoms with Gasteiger partial charge in [0.15, 0.2) is 0 Å². The second-order valence-electron chi connectivity index (χ2n) is 9.25. The first-order valence-corrected chi connectivity index (χ1v) is 14.2. The maximum absolute atomic E-state index is 13.2. The van der Waals surface area contributed by atoms with E-state index < -0.39 is 22.0 Å². The van der Waals surface area contributed by atoms with Crippen LogP contribution in [0.3, 0.4) is 0 Å². The summed E-state index contributed by atoms with van der Waals surface area (Å²) in [6.45, 7) is 4.21. The highest BCUT2D eigenvalue weighted by Gasteiger charge is 2.28. The second-order valence-corrected chi connectivity index (χ2v) is 11.0. The van der Waals surface area contributed by atoms with Crippen molar-refractivity contribution in [2.75, 3.05) is 13.7 Å². The number of carboxylic acids is 1. The van der Waals surface area contributed by atoms with Gasteiger partial charge in [0.25, 0.3) is 0 Å². The Morgan fingerprint density at radius 3 is 2.37 bits per heavy atom. The van der Waals surface area contributed by atoms with E-state index in [0.717, 1.165) is 22.2 Å². The summed E-state index contributed by atoms with van der Waals surface area (Å²) >= 11 is 0. The number of rotatable bonds is 11. The molecule has 10 heteroatoms. The van der Waals surface area contributed by atoms with Gasteiger partial charge in [0.2, 0.25) is 10.0 Å². The first-order chi connectivity index (χ1) is 19.7. The van der Waals surface area contributed by atoms with Crippen LogP contribution in [-0.2, 0) is 27.8 Å². The van der Waals surface area contributed by atoms with Gasteiger partial charge in [-0.1, -0.05) is 18.1 Å². The smallest absolute Gasteiger partial charge is 0.322 e. The number of ether oxygens (including phenoxy) is 2. The lowest BCUT2D eigenvalue weighted by Gasteiger charge is -2.16. The molecular formula is C31H29N3O6S. The number of carbonyl (C=O) groups is 1. The fraction of sp³-hybridized carbons (Fsp3) is 0.226. The number of aromatic nitrogens is 1. The highest BCUT2D eigenvalue weighted by molar-refractivity contribution is 7.89. The minimum Gasteiger partial charge on any atom is -0.497 e. The number of benzene rings is 3. The molecule has 210 valence electrons. The topological polar surface area (TPSA) is 131 Å². The van der Waals surface area contributed by atoms with E-state index in [1.807, 2.05) is 41.8 Å². The first-order valence-electron chi connectivity index (χ1n) is 12.7. The average molecular weight is 572 g/mol. The number of aliphatic carboxylic acids is 1. The van der Waals surface area contributed by atoms with E-state index in [4.69, 9.17) is 14.7 Å². The van der Waals surface area contributed by atoms with Gasteiger partial charge in [-0.2, -0.15) is 9.98 Å². The van der Waals surface area contributed by atoms with E-state index in [-0.39, 0.29) is 17.9 Å². The maximum Gasteiger partial charge on any atom is 0.322 e. The number of hydrogen-bond acceptors (Lipinski definition) is 6. The fourth-order valence-corrected chi connectivity index (χ4v) is 5.72. The van der Waals surface area contributed by atoms with Crippen LogP contribution in [0.4, 0.5) is 0 Å². The lowest BCUT2D eigenvalue weighted by Crippen LogP contribution is -2.42. The SMILES string of the molecule is CC#CCOc1ccc(S(=O)(=O)N[C@@H](Cc2c(C)n(Cc3ccc(C#N)cc3)c3ccc(OC)cc23)C(=O)O)cc1. The van der Waals surface area contributed by atoms with Crippen LogP contribution in [0.5, 0.6) is 11.5 Å². The summed E-state index contributed by atoms with van der Waals surface area (Å²) in [5.41, 5.74) is 3.83. The molecule has 0 saturated carbocycles. The Kier molecular flexibility index (Phi) is 8.98. The molecule has 0 radical (unpaired) electrons. The molecule has 0 spiro atoms. The molecule has 41 heavy (non-hydrogen) atoms. The lowest BCUT2D eigenvalue weighted by atomic mass is 10.0. The van der Waals surface area contributed by atoms with Gasteiger partial charge in [0.05, 0.1) is 23.6 Å². The van der Waals surface area contributed by atoms with Crippen LogP contribution >= 0.6 is 0 Å². The van der Waals surface area contributed by atoms with Gasteiger partial charge in [-0.3, -0.25) is 4.79 Å². The summed E-state index contributed by atoms with van der Waals surface area (Å²) < 4.78 is 41.6. The van der Waals surface area contributed by atoms with Gasteiger partial charge in [0.1, 0.15) is 24.1 Å². The first kappa shape index (κ1) is 29.2. The molecule has 1 heterocycles. The van der Waals surface area contributed by atoms with E-state index >= 15 is 0 Å². The van der Waals surface area contributed by atoms with Crippen LogP contribution < -0.4 is 14.2 Å². The Morgan fingerprint density at radius 1 is 1.07 bits per heavy atom. The summed E-state index contributed by atoms with van der Waals surface area (Å²) in [5, 5.41) is 19.9. The molecule has 0 aliphatic rings. The quantitative estimate of drug-likeness (QED) is 0.257. The molecule has 0 unspecified atom stereocenters. The summed E-state index contributed by atoms with van der Waals surface area (Å²) in [6.07, 6.45) is -0.0959. The van der Waals surface area contributed by atoms with Crippen molar-refractivity contribution in [3.8, 4) is 29.4 Å². The molecule has 3 aromatic carbocycles. The number of hydrogen-bond donors (Lipinski definition) is 2. The van der Waals surface area contributed by atoms with Crippen molar-refractivity contribution < 1.29 is 27.8 Å². The number of methoxy groups -OCH3 is 1. The van der Waals surface area contributed by atoms with Gasteiger partial charge in [-0.05, 0) is 79.6 Å². The molecule has 1 aromatic heterocycles. The number of sulfonamides is 1. The van der Waals surface area contributed by atoms with E-state index in [0.29, 0.717) is 29.2 Å². The van der Waals surface area contributed by atoms with Crippen LogP contribution in [0.1, 0.15) is 29.3 Å². The van der Waals surface area contributed by atoms with Crippen LogP contribution in [0, 0.1) is 30.1 Å². The second kappa shape index (κ2) is 12.6. The third-order valence-electron chi connectivity index (χ3n) is 6.71. The highest BCUT2D eigenvalue weighted by Crippen LogP contribution is 2.31. The maximum atomic E-state index is 13.2. The predicted molar refractivity (Wildman–Crippen MR) is 154 cm³/mol. The summed E-state index contributed by atoms with van der Waals surface area (Å²) in [7, 11) is -2.62. The van der Waals surface area contributed by atoms with Crippen LogP contribution in [0.25, 0.3) is 10.9 Å². The zero-order valence-corrected chi connectivity index (χ0v) is 23.7. The molecule has 0 bridgehead atoms. The van der Waals surface area contributed by atoms with Crippen LogP contribution in [-0.4, -0.2) is 43.8 Å². The van der Waals surface area contributed by atoms with E-state index in [2.05, 4.69) is 22.6 Å². The van der Waals surface area contributed by atoms with Gasteiger partial charge in [-0.25, -0.2) is 8.42 Å². The van der Waals surface area contributed by atoms with E-state index in [1.165, 1.54) is 24.3 Å². The summed E-state index contributed by atoms with van der Waals surface area (Å²) in [5.74, 6) is 5.20. The van der Waals surface area contributed by atoms with Gasteiger partial charge >= 0.3 is 5.97 Å². The third kappa shape index (κ3) is 6.69. The Morgan fingerprint density at radius 2 is 1.76 bits per heavy atom. The van der Waals surface area contributed by atoms with Crippen molar-refractivity contribution in [3.05, 3.63) is 89.1 Å². The number of nitriles is 1. The molecule has 0 aliphatic carbocycles. The monoisotopic (exact) mass is 571 g/mol. The molecule has 0 fully saturated rings. The predicted octanol–water partition coefficient (Wildman–Crippen LogP) is 4.25. The highest BCUT2D eigenvalue weighted by atomic mass is 32.2. The molecule has 0 amide bonds. The molecular weight excluding hydrogens is 542 g/mol. The number of nitrogens with zero attached hydrogens (tertiary/aromatic N) is 2. The van der Waals surface area contributed by atoms with E-state index in [9.17, 15) is 18.3 Å². The molecule has 1 atom stereocenters. The molecule has 9 nitrogen and oxygen atoms in total. The minimum absolute atomic E-state index is 0.0840. The van der Waals surface area contributed by atoms with Gasteiger partial charge < -0.3 is 19.1 Å². The summed E-state index contributed by atoms with van der Waals surface area (Å²) in [4.78, 5) is 12.2. The zero-order chi connectivity index (χ0) is 29.6. The van der Waals surface area contributed by atoms with Crippen LogP contribution in [0.2, 0.25) is 0 Å². The van der Waals surface area contributed by atoms with Gasteiger partial charge in [0, 0.05) is 29.6 Å². The molecule has 2 N–H and O–H groups in total. The Balaban J connectivity index is 1.66. The molecule has 0 saturated heterocycles. The Labute approximate surface area is 239 Å². The van der Waals surface area contributed by atoms with Crippen molar-refractivity contribution in [2.45, 2.75) is 37.8 Å². The van der Waals surface area contributed by atoms with Crippen molar-refractivity contribution in [2.24, 2.45) is 0 Å². The average Bonchev–Trinajstić information content (AvgIpc) is 3.22. The third-order valence-corrected chi connectivity index (χ3v) is 8.20. The van der Waals surface area contributed by atoms with Gasteiger partial charge in [-0.15, -0.1) is 5.92 Å². The van der Waals surface area contributed by atoms with Crippen LogP contribution in [0.15, 0.2) is 71.6 Å². The fourth-order valence-electron chi connectivity index (χ4n) is 4.53. The Hall–Kier alpha value is -4.77.